The first-order valence-corrected chi connectivity index (χ1v) is 11.8. The Morgan fingerprint density at radius 2 is 1.06 bits per heavy atom. The molecule has 0 saturated carbocycles. The maximum Gasteiger partial charge on any atom is 0.336 e. The largest absolute Gasteiger partial charge is 0.490 e. The lowest BCUT2D eigenvalue weighted by atomic mass is 9.92. The molecule has 0 unspecified atom stereocenters. The SMILES string of the molecule is CCOc1cc(C=O)c(-c2c(C(=O)O)cc(OCC)c(OCC)c2OCC)c(OCC)c1OCC. The van der Waals surface area contributed by atoms with Gasteiger partial charge in [0.2, 0.25) is 11.5 Å². The van der Waals surface area contributed by atoms with E-state index in [9.17, 15) is 14.7 Å². The molecule has 0 amide bonds. The molecule has 0 bridgehead atoms. The van der Waals surface area contributed by atoms with Gasteiger partial charge in [0.05, 0.1) is 45.2 Å². The molecule has 0 spiro atoms. The average Bonchev–Trinajstić information content (AvgIpc) is 2.83. The minimum atomic E-state index is -1.24. The summed E-state index contributed by atoms with van der Waals surface area (Å²) in [6.45, 7) is 12.3. The van der Waals surface area contributed by atoms with Gasteiger partial charge >= 0.3 is 5.97 Å². The predicted octanol–water partition coefficient (Wildman–Crippen LogP) is 5.26. The van der Waals surface area contributed by atoms with Crippen LogP contribution in [-0.4, -0.2) is 57.0 Å². The van der Waals surface area contributed by atoms with Crippen molar-refractivity contribution in [2.24, 2.45) is 0 Å². The van der Waals surface area contributed by atoms with Crippen molar-refractivity contribution in [2.75, 3.05) is 39.6 Å². The van der Waals surface area contributed by atoms with Crippen molar-refractivity contribution in [1.82, 2.24) is 0 Å². The molecule has 0 aliphatic rings. The number of aromatic carboxylic acids is 1. The Balaban J connectivity index is 3.17. The molecule has 192 valence electrons. The maximum atomic E-state index is 12.5. The van der Waals surface area contributed by atoms with E-state index >= 15 is 0 Å². The highest BCUT2D eigenvalue weighted by Gasteiger charge is 2.32. The second-order valence-electron chi connectivity index (χ2n) is 6.97. The zero-order valence-corrected chi connectivity index (χ0v) is 21.2. The second kappa shape index (κ2) is 13.3. The molecule has 0 saturated heterocycles. The summed E-state index contributed by atoms with van der Waals surface area (Å²) in [5.41, 5.74) is 0.339. The zero-order chi connectivity index (χ0) is 26.0. The Kier molecular flexibility index (Phi) is 10.5. The Morgan fingerprint density at radius 3 is 1.46 bits per heavy atom. The van der Waals surface area contributed by atoms with Gasteiger partial charge in [-0.3, -0.25) is 4.79 Å². The number of ether oxygens (including phenoxy) is 6. The summed E-state index contributed by atoms with van der Waals surface area (Å²) >= 11 is 0. The molecule has 0 fully saturated rings. The Labute approximate surface area is 205 Å². The van der Waals surface area contributed by atoms with Gasteiger partial charge in [-0.05, 0) is 53.7 Å². The molecule has 9 nitrogen and oxygen atoms in total. The molecule has 2 aromatic carbocycles. The van der Waals surface area contributed by atoms with Crippen LogP contribution in [-0.2, 0) is 0 Å². The monoisotopic (exact) mass is 490 g/mol. The van der Waals surface area contributed by atoms with E-state index in [4.69, 9.17) is 28.4 Å². The molecule has 9 heteroatoms. The number of aldehydes is 1. The van der Waals surface area contributed by atoms with Gasteiger partial charge in [0.15, 0.2) is 29.3 Å². The van der Waals surface area contributed by atoms with Gasteiger partial charge in [-0.2, -0.15) is 0 Å². The van der Waals surface area contributed by atoms with E-state index in [2.05, 4.69) is 0 Å². The molecule has 2 aromatic rings. The summed E-state index contributed by atoms with van der Waals surface area (Å²) in [7, 11) is 0. The first-order valence-electron chi connectivity index (χ1n) is 11.8. The fourth-order valence-corrected chi connectivity index (χ4v) is 3.67. The highest BCUT2D eigenvalue weighted by molar-refractivity contribution is 6.05. The number of carbonyl (C=O) groups is 2. The minimum Gasteiger partial charge on any atom is -0.490 e. The van der Waals surface area contributed by atoms with Crippen molar-refractivity contribution in [3.63, 3.8) is 0 Å². The summed E-state index contributed by atoms with van der Waals surface area (Å²) in [6, 6.07) is 2.88. The topological polar surface area (TPSA) is 110 Å². The van der Waals surface area contributed by atoms with E-state index in [1.165, 1.54) is 12.1 Å². The van der Waals surface area contributed by atoms with Crippen LogP contribution in [0.5, 0.6) is 34.5 Å². The lowest BCUT2D eigenvalue weighted by molar-refractivity contribution is 0.0696. The molecule has 0 aliphatic carbocycles. The Hall–Kier alpha value is -3.62. The molecular formula is C26H34O9. The predicted molar refractivity (Wildman–Crippen MR) is 131 cm³/mol. The summed E-state index contributed by atoms with van der Waals surface area (Å²) < 4.78 is 35.1. The van der Waals surface area contributed by atoms with E-state index < -0.39 is 5.97 Å². The fourth-order valence-electron chi connectivity index (χ4n) is 3.67. The molecule has 1 N–H and O–H groups in total. The zero-order valence-electron chi connectivity index (χ0n) is 21.2. The highest BCUT2D eigenvalue weighted by Crippen LogP contribution is 2.54. The van der Waals surface area contributed by atoms with Gasteiger partial charge in [0.25, 0.3) is 0 Å². The van der Waals surface area contributed by atoms with E-state index in [1.807, 2.05) is 0 Å². The number of hydrogen-bond donors (Lipinski definition) is 1. The number of carbonyl (C=O) groups excluding carboxylic acids is 1. The van der Waals surface area contributed by atoms with Gasteiger partial charge in [0.1, 0.15) is 0 Å². The number of rotatable bonds is 15. The van der Waals surface area contributed by atoms with Crippen LogP contribution in [0.25, 0.3) is 11.1 Å². The number of carboxylic acid groups (broad SMARTS) is 1. The quantitative estimate of drug-likeness (QED) is 0.334. The lowest BCUT2D eigenvalue weighted by Gasteiger charge is -2.24. The van der Waals surface area contributed by atoms with Crippen LogP contribution >= 0.6 is 0 Å². The molecule has 35 heavy (non-hydrogen) atoms. The number of benzene rings is 2. The smallest absolute Gasteiger partial charge is 0.336 e. The first kappa shape index (κ1) is 27.6. The van der Waals surface area contributed by atoms with Crippen molar-refractivity contribution >= 4 is 12.3 Å². The third-order valence-corrected chi connectivity index (χ3v) is 4.80. The van der Waals surface area contributed by atoms with Crippen LogP contribution in [0.2, 0.25) is 0 Å². The van der Waals surface area contributed by atoms with Crippen LogP contribution in [0.3, 0.4) is 0 Å². The Morgan fingerprint density at radius 1 is 0.657 bits per heavy atom. The lowest BCUT2D eigenvalue weighted by Crippen LogP contribution is -2.11. The standard InChI is InChI=1S/C26H34O9/c1-7-30-18-13-16(15-27)20(24(34-11-5)22(18)32-9-3)21-17(26(28)29)14-19(31-8-2)23(33-10-4)25(21)35-12-6/h13-15H,7-12H2,1-6H3,(H,28,29). The Bertz CT molecular complexity index is 1030. The van der Waals surface area contributed by atoms with Crippen LogP contribution < -0.4 is 28.4 Å². The van der Waals surface area contributed by atoms with Crippen LogP contribution in [0.15, 0.2) is 12.1 Å². The molecule has 0 aliphatic heterocycles. The normalized spacial score (nSPS) is 10.5. The summed E-state index contributed by atoms with van der Waals surface area (Å²) in [6.07, 6.45) is 0.619. The van der Waals surface area contributed by atoms with Gasteiger partial charge in [-0.25, -0.2) is 4.79 Å². The summed E-state index contributed by atoms with van der Waals surface area (Å²) in [5, 5.41) is 10.2. The fraction of sp³-hybridized carbons (Fsp3) is 0.462. The number of carboxylic acids is 1. The van der Waals surface area contributed by atoms with E-state index in [0.717, 1.165) is 0 Å². The first-order chi connectivity index (χ1) is 16.9. The molecule has 0 atom stereocenters. The summed E-state index contributed by atoms with van der Waals surface area (Å²) in [4.78, 5) is 24.8. The highest BCUT2D eigenvalue weighted by atomic mass is 16.5. The van der Waals surface area contributed by atoms with Crippen LogP contribution in [0.1, 0.15) is 62.3 Å². The molecule has 0 aromatic heterocycles. The van der Waals surface area contributed by atoms with Crippen molar-refractivity contribution in [3.05, 3.63) is 23.3 Å². The van der Waals surface area contributed by atoms with E-state index in [1.54, 1.807) is 41.5 Å². The van der Waals surface area contributed by atoms with Crippen molar-refractivity contribution in [2.45, 2.75) is 41.5 Å². The third-order valence-electron chi connectivity index (χ3n) is 4.80. The maximum absolute atomic E-state index is 12.5. The number of hydrogen-bond acceptors (Lipinski definition) is 8. The van der Waals surface area contributed by atoms with Crippen LogP contribution in [0, 0.1) is 0 Å². The van der Waals surface area contributed by atoms with Crippen molar-refractivity contribution < 1.29 is 43.1 Å². The summed E-state index contributed by atoms with van der Waals surface area (Å²) in [5.74, 6) is 0.113. The van der Waals surface area contributed by atoms with Crippen molar-refractivity contribution in [3.8, 4) is 45.6 Å². The molecule has 2 rings (SSSR count). The van der Waals surface area contributed by atoms with Gasteiger partial charge < -0.3 is 33.5 Å². The van der Waals surface area contributed by atoms with E-state index in [0.29, 0.717) is 18.6 Å². The second-order valence-corrected chi connectivity index (χ2v) is 6.97. The van der Waals surface area contributed by atoms with Gasteiger partial charge in [-0.15, -0.1) is 0 Å². The van der Waals surface area contributed by atoms with Crippen LogP contribution in [0.4, 0.5) is 0 Å². The average molecular weight is 491 g/mol. The van der Waals surface area contributed by atoms with E-state index in [-0.39, 0.29) is 84.0 Å². The van der Waals surface area contributed by atoms with Crippen molar-refractivity contribution in [1.29, 1.82) is 0 Å². The molecule has 0 heterocycles. The van der Waals surface area contributed by atoms with Gasteiger partial charge in [-0.1, -0.05) is 0 Å². The minimum absolute atomic E-state index is 0.126. The molecule has 0 radical (unpaired) electrons. The van der Waals surface area contributed by atoms with Gasteiger partial charge in [0, 0.05) is 16.7 Å². The third kappa shape index (κ3) is 5.90. The molecular weight excluding hydrogens is 456 g/mol.